The van der Waals surface area contributed by atoms with Gasteiger partial charge in [-0.3, -0.25) is 21.5 Å². The number of carbonyl (C=O) groups excluding carboxylic acids is 1. The van der Waals surface area contributed by atoms with Gasteiger partial charge >= 0.3 is 23.1 Å². The van der Waals surface area contributed by atoms with Crippen LogP contribution in [0.4, 0.5) is 5.69 Å². The van der Waals surface area contributed by atoms with Gasteiger partial charge in [0, 0.05) is 50.3 Å². The largest absolute Gasteiger partial charge is 2.00 e. The van der Waals surface area contributed by atoms with Crippen LogP contribution in [0.1, 0.15) is 111 Å². The summed E-state index contributed by atoms with van der Waals surface area (Å²) in [6, 6.07) is 10.1. The van der Waals surface area contributed by atoms with E-state index in [0.29, 0.717) is 0 Å². The van der Waals surface area contributed by atoms with Gasteiger partial charge in [0.2, 0.25) is 0 Å². The molecule has 6 nitrogen and oxygen atoms in total. The molecule has 0 atom stereocenters. The number of non-ortho nitro benzene ring substituents is 1. The number of hydrogen-bond acceptors (Lipinski definition) is 3. The maximum Gasteiger partial charge on any atom is 2.00 e. The Hall–Kier alpha value is -2.16. The molecule has 0 saturated heterocycles. The van der Waals surface area contributed by atoms with Crippen LogP contribution in [0.2, 0.25) is 0 Å². The first kappa shape index (κ1) is 43.9. The molecule has 0 unspecified atom stereocenters. The molecule has 226 valence electrons. The van der Waals surface area contributed by atoms with Gasteiger partial charge in [0.15, 0.2) is 6.29 Å². The molecule has 2 heterocycles. The van der Waals surface area contributed by atoms with E-state index in [1.54, 1.807) is 24.4 Å². The minimum absolute atomic E-state index is 0. The molecule has 0 aliphatic carbocycles. The number of rotatable bonds is 6. The minimum atomic E-state index is -0.417. The Morgan fingerprint density at radius 1 is 0.872 bits per heavy atom. The summed E-state index contributed by atoms with van der Waals surface area (Å²) in [6.45, 7) is 27.5. The van der Waals surface area contributed by atoms with Crippen molar-refractivity contribution in [3.8, 4) is 0 Å². The second-order valence-corrected chi connectivity index (χ2v) is 6.31. The summed E-state index contributed by atoms with van der Waals surface area (Å²) in [4.78, 5) is 26.4. The van der Waals surface area contributed by atoms with E-state index >= 15 is 0 Å². The van der Waals surface area contributed by atoms with Crippen molar-refractivity contribution in [1.29, 1.82) is 0 Å². The number of aromatic amines is 2. The van der Waals surface area contributed by atoms with Crippen molar-refractivity contribution in [2.24, 2.45) is 0 Å². The normalized spacial score (nSPS) is 8.15. The molecule has 0 saturated carbocycles. The monoisotopic (exact) mass is 631 g/mol. The summed E-state index contributed by atoms with van der Waals surface area (Å²) in [5.74, 6) is 0. The maximum absolute atomic E-state index is 10.5. The smallest absolute Gasteiger partial charge is 1.00 e. The summed E-state index contributed by atoms with van der Waals surface area (Å²) in [5, 5.41) is 10.0. The molecule has 2 N–H and O–H groups in total. The van der Waals surface area contributed by atoms with Crippen molar-refractivity contribution in [2.75, 3.05) is 0 Å². The average molecular weight is 633 g/mol. The van der Waals surface area contributed by atoms with Gasteiger partial charge in [-0.05, 0) is 42.9 Å². The summed E-state index contributed by atoms with van der Waals surface area (Å²) < 4.78 is 20.0. The minimum Gasteiger partial charge on any atom is -1.00 e. The predicted molar refractivity (Wildman–Crippen MR) is 176 cm³/mol. The van der Waals surface area contributed by atoms with Crippen LogP contribution in [0.3, 0.4) is 0 Å². The fourth-order valence-corrected chi connectivity index (χ4v) is 3.00. The van der Waals surface area contributed by atoms with E-state index in [2.05, 4.69) is 56.9 Å². The van der Waals surface area contributed by atoms with Crippen LogP contribution < -0.4 is 17.0 Å². The number of benzene rings is 1. The molecule has 0 radical (unpaired) electrons. The van der Waals surface area contributed by atoms with Crippen LogP contribution in [0, 0.1) is 16.7 Å². The van der Waals surface area contributed by atoms with Crippen molar-refractivity contribution >= 4 is 35.0 Å². The molecule has 39 heavy (non-hydrogen) atoms. The van der Waals surface area contributed by atoms with Crippen molar-refractivity contribution in [1.82, 2.24) is 9.97 Å². The zero-order valence-electron chi connectivity index (χ0n) is 30.1. The first-order valence-electron chi connectivity index (χ1n) is 15.4. The summed E-state index contributed by atoms with van der Waals surface area (Å²) >= 11 is 0. The van der Waals surface area contributed by atoms with Gasteiger partial charge in [-0.15, -0.1) is 0 Å². The topological polar surface area (TPSA) is 91.8 Å². The van der Waals surface area contributed by atoms with E-state index in [-0.39, 0.29) is 48.6 Å². The van der Waals surface area contributed by atoms with Gasteiger partial charge in [0.05, 0.1) is 4.92 Å². The first-order chi connectivity index (χ1) is 20.0. The number of hydrogen-bond donors (Lipinski definition) is 2. The third kappa shape index (κ3) is 22.4. The number of para-hydroxylation sites is 1. The van der Waals surface area contributed by atoms with Gasteiger partial charge in [0.1, 0.15) is 0 Å². The number of H-pyrrole nitrogens is 2. The summed E-state index contributed by atoms with van der Waals surface area (Å²) in [7, 11) is 0. The number of aryl methyl sites for hydroxylation is 3. The van der Waals surface area contributed by atoms with Crippen LogP contribution in [0.5, 0.6) is 0 Å². The number of nitrogens with zero attached hydrogens (tertiary/aromatic N) is 1. The first-order valence-corrected chi connectivity index (χ1v) is 13.4. The number of nitrogens with one attached hydrogen (secondary N) is 2. The van der Waals surface area contributed by atoms with E-state index in [1.807, 2.05) is 47.7 Å². The number of carbonyl (C=O) groups is 1. The van der Waals surface area contributed by atoms with Gasteiger partial charge in [-0.1, -0.05) is 87.4 Å². The van der Waals surface area contributed by atoms with Crippen LogP contribution in [-0.2, 0) is 25.7 Å². The quantitative estimate of drug-likeness (QED) is 0.101. The van der Waals surface area contributed by atoms with Gasteiger partial charge in [-0.2, -0.15) is 0 Å². The summed E-state index contributed by atoms with van der Waals surface area (Å²) in [5.41, 5.74) is 6.15. The van der Waals surface area contributed by atoms with E-state index < -0.39 is 4.92 Å². The second-order valence-electron chi connectivity index (χ2n) is 6.31. The average Bonchev–Trinajstić information content (AvgIpc) is 3.73. The fourth-order valence-electron chi connectivity index (χ4n) is 3.00. The molecule has 0 aliphatic rings. The van der Waals surface area contributed by atoms with E-state index in [0.717, 1.165) is 37.5 Å². The fraction of sp³-hybridized carbons (Fsp3) is 0.452. The predicted octanol–water partition coefficient (Wildman–Crippen LogP) is 6.98. The van der Waals surface area contributed by atoms with E-state index in [1.165, 1.54) is 34.6 Å². The maximum atomic E-state index is 10.5. The number of aldehydes is 1. The molecule has 0 bridgehead atoms. The molecule has 0 spiro atoms. The molecule has 2 aromatic heterocycles. The van der Waals surface area contributed by atoms with Gasteiger partial charge in [0.25, 0.3) is 5.69 Å². The zero-order chi connectivity index (χ0) is 33.6. The molecule has 8 heteroatoms. The van der Waals surface area contributed by atoms with Crippen LogP contribution in [-0.4, -0.2) is 44.2 Å². The third-order valence-electron chi connectivity index (χ3n) is 4.58. The Morgan fingerprint density at radius 2 is 1.36 bits per heavy atom. The number of halogens is 1. The van der Waals surface area contributed by atoms with Crippen molar-refractivity contribution in [3.63, 3.8) is 0 Å². The molecular weight excluding hydrogens is 567 g/mol. The van der Waals surface area contributed by atoms with Gasteiger partial charge in [-0.25, -0.2) is 0 Å². The molecule has 3 aromatic rings. The van der Waals surface area contributed by atoms with Crippen LogP contribution >= 0.6 is 0 Å². The number of aromatic nitrogens is 2. The molecule has 0 amide bonds. The van der Waals surface area contributed by atoms with Gasteiger partial charge < -0.3 is 33.5 Å². The summed E-state index contributed by atoms with van der Waals surface area (Å²) in [6.07, 6.45) is 8.87. The Bertz CT molecular complexity index is 905. The Morgan fingerprint density at radius 3 is 1.67 bits per heavy atom. The number of nitro groups is 1. The van der Waals surface area contributed by atoms with E-state index in [9.17, 15) is 14.9 Å². The SMILES string of the molecule is CC.CC.CC.CCc1[nH]cc(C=O)c1CC.CCc1cc[nH]c1CC.O=[N+]([O-])c1ccccc1.[2HH].[2HH].[2H][2H].[2H][2H].[Br-].[CH-]=C.[Mg+2]. The Balaban J connectivity index is -0.0000000421. The van der Waals surface area contributed by atoms with Crippen molar-refractivity contribution < 1.29 is 35.5 Å². The Labute approximate surface area is 274 Å². The number of nitro benzene ring substituents is 1. The molecule has 3 rings (SSSR count). The Kier molecular flexibility index (Phi) is 42.7. The molecule has 0 fully saturated rings. The standard InChI is InChI=1S/C9H13NO.C8H13N.C6H5NO2.3C2H6.C2H3.BrH.Mg.4H2/c1-3-8-7(6-11)5-10-9(8)4-2;1-3-7-5-6-9-8(7)4-2;8-7(9)6-4-2-1-3-5-6;4*1-2;;;;;;/h5-6,10H,3-4H2,1-2H3;5-6,9H,3-4H2,1-2H3;1-5H;3*1-2H3;1H,2H2;1H;;4*1H/q;;;;;;-1;;+2;;;;/p-1/i;;;;;;;;;2*1+1D;2*1+1. The molecule has 1 aromatic carbocycles. The van der Waals surface area contributed by atoms with E-state index in [4.69, 9.17) is 5.94 Å². The zero-order valence-corrected chi connectivity index (χ0v) is 29.1. The molecule has 0 aliphatic heterocycles. The van der Waals surface area contributed by atoms with Crippen molar-refractivity contribution in [3.05, 3.63) is 100 Å². The second kappa shape index (κ2) is 38.0. The van der Waals surface area contributed by atoms with Crippen molar-refractivity contribution in [2.45, 2.75) is 94.9 Å². The third-order valence-corrected chi connectivity index (χ3v) is 4.58. The van der Waals surface area contributed by atoms with Crippen LogP contribution in [0.25, 0.3) is 0 Å². The van der Waals surface area contributed by atoms with Crippen LogP contribution in [0.15, 0.2) is 55.4 Å². The molecular formula is C31H60BrMgN3O3.